The summed E-state index contributed by atoms with van der Waals surface area (Å²) >= 11 is 1.30. The summed E-state index contributed by atoms with van der Waals surface area (Å²) in [6.07, 6.45) is 0. The molecule has 9 heteroatoms. The van der Waals surface area contributed by atoms with Gasteiger partial charge in [-0.2, -0.15) is 0 Å². The average Bonchev–Trinajstić information content (AvgIpc) is 3.31. The Balaban J connectivity index is 1.39. The second-order valence-electron chi connectivity index (χ2n) is 6.48. The number of hydrogen-bond acceptors (Lipinski definition) is 6. The SMILES string of the molecule is COc1ccccc1N1CCN(C(=O)CNC(=O)CNC(=O)c2cccs2)CC1. The van der Waals surface area contributed by atoms with Gasteiger partial charge in [-0.3, -0.25) is 14.4 Å². The summed E-state index contributed by atoms with van der Waals surface area (Å²) < 4.78 is 5.40. The van der Waals surface area contributed by atoms with E-state index in [1.165, 1.54) is 11.3 Å². The molecule has 29 heavy (non-hydrogen) atoms. The van der Waals surface area contributed by atoms with Crippen LogP contribution >= 0.6 is 11.3 Å². The molecular weight excluding hydrogens is 392 g/mol. The number of rotatable bonds is 7. The molecule has 1 saturated heterocycles. The Bertz CT molecular complexity index is 848. The van der Waals surface area contributed by atoms with Gasteiger partial charge in [-0.1, -0.05) is 18.2 Å². The minimum Gasteiger partial charge on any atom is -0.495 e. The molecule has 0 atom stereocenters. The van der Waals surface area contributed by atoms with Crippen molar-refractivity contribution in [1.82, 2.24) is 15.5 Å². The van der Waals surface area contributed by atoms with Crippen molar-refractivity contribution in [2.24, 2.45) is 0 Å². The molecule has 8 nitrogen and oxygen atoms in total. The first-order chi connectivity index (χ1) is 14.1. The van der Waals surface area contributed by atoms with E-state index in [-0.39, 0.29) is 24.9 Å². The number of ether oxygens (including phenoxy) is 1. The van der Waals surface area contributed by atoms with E-state index in [0.29, 0.717) is 31.1 Å². The van der Waals surface area contributed by atoms with Crippen molar-refractivity contribution in [2.45, 2.75) is 0 Å². The minimum atomic E-state index is -0.393. The van der Waals surface area contributed by atoms with Crippen molar-refractivity contribution in [2.75, 3.05) is 51.3 Å². The first-order valence-corrected chi connectivity index (χ1v) is 10.2. The van der Waals surface area contributed by atoms with Gasteiger partial charge in [-0.15, -0.1) is 11.3 Å². The molecule has 0 unspecified atom stereocenters. The molecule has 2 heterocycles. The second kappa shape index (κ2) is 9.92. The zero-order valence-corrected chi connectivity index (χ0v) is 17.0. The number of carbonyl (C=O) groups is 3. The monoisotopic (exact) mass is 416 g/mol. The van der Waals surface area contributed by atoms with Crippen LogP contribution in [0.3, 0.4) is 0 Å². The number of amides is 3. The standard InChI is InChI=1S/C20H24N4O4S/c1-28-16-6-3-2-5-15(16)23-8-10-24(11-9-23)19(26)14-21-18(25)13-22-20(27)17-7-4-12-29-17/h2-7,12H,8-11,13-14H2,1H3,(H,21,25)(H,22,27). The largest absolute Gasteiger partial charge is 0.495 e. The molecule has 3 amide bonds. The number of piperazine rings is 1. The summed E-state index contributed by atoms with van der Waals surface area (Å²) in [5.74, 6) is -0.0170. The lowest BCUT2D eigenvalue weighted by Gasteiger charge is -2.36. The van der Waals surface area contributed by atoms with Gasteiger partial charge in [-0.05, 0) is 23.6 Å². The molecule has 1 aliphatic heterocycles. The van der Waals surface area contributed by atoms with Crippen LogP contribution < -0.4 is 20.3 Å². The van der Waals surface area contributed by atoms with Crippen molar-refractivity contribution in [3.8, 4) is 5.75 Å². The van der Waals surface area contributed by atoms with Crippen LogP contribution in [-0.4, -0.2) is 69.0 Å². The number of methoxy groups -OCH3 is 1. The highest BCUT2D eigenvalue weighted by atomic mass is 32.1. The predicted octanol–water partition coefficient (Wildman–Crippen LogP) is 0.952. The maximum atomic E-state index is 12.4. The Morgan fingerprint density at radius 1 is 1.00 bits per heavy atom. The van der Waals surface area contributed by atoms with Crippen LogP contribution in [0.1, 0.15) is 9.67 Å². The van der Waals surface area contributed by atoms with Crippen LogP contribution in [0.4, 0.5) is 5.69 Å². The van der Waals surface area contributed by atoms with Crippen LogP contribution in [0.25, 0.3) is 0 Å². The molecular formula is C20H24N4O4S. The molecule has 0 saturated carbocycles. The fraction of sp³-hybridized carbons (Fsp3) is 0.350. The molecule has 0 spiro atoms. The summed E-state index contributed by atoms with van der Waals surface area (Å²) in [5, 5.41) is 6.90. The molecule has 1 aromatic carbocycles. The van der Waals surface area contributed by atoms with Crippen LogP contribution in [0, 0.1) is 0 Å². The Morgan fingerprint density at radius 3 is 2.45 bits per heavy atom. The molecule has 1 fully saturated rings. The first-order valence-electron chi connectivity index (χ1n) is 9.32. The Labute approximate surface area is 173 Å². The molecule has 0 aliphatic carbocycles. The predicted molar refractivity (Wildman–Crippen MR) is 111 cm³/mol. The van der Waals surface area contributed by atoms with Gasteiger partial charge in [0.2, 0.25) is 11.8 Å². The third-order valence-corrected chi connectivity index (χ3v) is 5.52. The zero-order chi connectivity index (χ0) is 20.6. The lowest BCUT2D eigenvalue weighted by atomic mass is 10.2. The third kappa shape index (κ3) is 5.47. The van der Waals surface area contributed by atoms with E-state index in [1.54, 1.807) is 29.5 Å². The van der Waals surface area contributed by atoms with E-state index in [9.17, 15) is 14.4 Å². The Hall–Kier alpha value is -3.07. The summed E-state index contributed by atoms with van der Waals surface area (Å²) in [6, 6.07) is 11.3. The number of thiophene rings is 1. The molecule has 0 radical (unpaired) electrons. The molecule has 3 rings (SSSR count). The van der Waals surface area contributed by atoms with Gasteiger partial charge in [0.05, 0.1) is 30.8 Å². The number of carbonyl (C=O) groups excluding carboxylic acids is 3. The molecule has 154 valence electrons. The Kier molecular flexibility index (Phi) is 7.07. The van der Waals surface area contributed by atoms with E-state index in [1.807, 2.05) is 24.3 Å². The van der Waals surface area contributed by atoms with Crippen LogP contribution in [0.5, 0.6) is 5.75 Å². The van der Waals surface area contributed by atoms with E-state index < -0.39 is 5.91 Å². The number of anilines is 1. The van der Waals surface area contributed by atoms with Gasteiger partial charge in [0, 0.05) is 26.2 Å². The van der Waals surface area contributed by atoms with Gasteiger partial charge in [0.15, 0.2) is 0 Å². The zero-order valence-electron chi connectivity index (χ0n) is 16.2. The van der Waals surface area contributed by atoms with Crippen LogP contribution in [0.15, 0.2) is 41.8 Å². The van der Waals surface area contributed by atoms with Crippen molar-refractivity contribution >= 4 is 34.7 Å². The summed E-state index contributed by atoms with van der Waals surface area (Å²) in [6.45, 7) is 2.28. The fourth-order valence-electron chi connectivity index (χ4n) is 3.09. The molecule has 1 aliphatic rings. The van der Waals surface area contributed by atoms with E-state index in [2.05, 4.69) is 15.5 Å². The van der Waals surface area contributed by atoms with E-state index >= 15 is 0 Å². The van der Waals surface area contributed by atoms with Crippen LogP contribution in [-0.2, 0) is 9.59 Å². The number of nitrogens with one attached hydrogen (secondary N) is 2. The van der Waals surface area contributed by atoms with E-state index in [4.69, 9.17) is 4.74 Å². The Morgan fingerprint density at radius 2 is 1.76 bits per heavy atom. The lowest BCUT2D eigenvalue weighted by molar-refractivity contribution is -0.132. The van der Waals surface area contributed by atoms with Crippen molar-refractivity contribution in [3.05, 3.63) is 46.7 Å². The van der Waals surface area contributed by atoms with Gasteiger partial charge in [0.1, 0.15) is 5.75 Å². The summed E-state index contributed by atoms with van der Waals surface area (Å²) in [4.78, 5) is 40.6. The molecule has 0 bridgehead atoms. The first kappa shape index (κ1) is 20.7. The minimum absolute atomic E-state index is 0.0810. The summed E-state index contributed by atoms with van der Waals surface area (Å²) in [7, 11) is 1.64. The normalized spacial score (nSPS) is 13.7. The van der Waals surface area contributed by atoms with Crippen LogP contribution in [0.2, 0.25) is 0 Å². The highest BCUT2D eigenvalue weighted by Gasteiger charge is 2.23. The van der Waals surface area contributed by atoms with Gasteiger partial charge < -0.3 is 25.2 Å². The number of hydrogen-bond donors (Lipinski definition) is 2. The number of para-hydroxylation sites is 2. The molecule has 2 N–H and O–H groups in total. The second-order valence-corrected chi connectivity index (χ2v) is 7.42. The maximum Gasteiger partial charge on any atom is 0.261 e. The summed E-state index contributed by atoms with van der Waals surface area (Å²) in [5.41, 5.74) is 1.01. The van der Waals surface area contributed by atoms with Gasteiger partial charge in [0.25, 0.3) is 5.91 Å². The third-order valence-electron chi connectivity index (χ3n) is 4.65. The average molecular weight is 417 g/mol. The number of nitrogens with zero attached hydrogens (tertiary/aromatic N) is 2. The highest BCUT2D eigenvalue weighted by molar-refractivity contribution is 7.12. The van der Waals surface area contributed by atoms with Crippen molar-refractivity contribution < 1.29 is 19.1 Å². The topological polar surface area (TPSA) is 91.0 Å². The maximum absolute atomic E-state index is 12.4. The lowest BCUT2D eigenvalue weighted by Crippen LogP contribution is -2.51. The number of benzene rings is 1. The molecule has 2 aromatic rings. The highest BCUT2D eigenvalue weighted by Crippen LogP contribution is 2.28. The van der Waals surface area contributed by atoms with Gasteiger partial charge in [-0.25, -0.2) is 0 Å². The smallest absolute Gasteiger partial charge is 0.261 e. The molecule has 1 aromatic heterocycles. The fourth-order valence-corrected chi connectivity index (χ4v) is 3.73. The van der Waals surface area contributed by atoms with E-state index in [0.717, 1.165) is 11.4 Å². The quantitative estimate of drug-likeness (QED) is 0.701. The van der Waals surface area contributed by atoms with Crippen molar-refractivity contribution in [1.29, 1.82) is 0 Å². The van der Waals surface area contributed by atoms with Gasteiger partial charge >= 0.3 is 0 Å². The van der Waals surface area contributed by atoms with Crippen molar-refractivity contribution in [3.63, 3.8) is 0 Å².